The molecule has 149 valence electrons. The van der Waals surface area contributed by atoms with Gasteiger partial charge in [-0.15, -0.1) is 0 Å². The molecule has 0 spiro atoms. The number of carbonyl (C=O) groups excluding carboxylic acids is 2. The number of nitrogens with zero attached hydrogens (tertiary/aromatic N) is 4. The molecule has 1 aliphatic heterocycles. The number of amides is 2. The lowest BCUT2D eigenvalue weighted by Gasteiger charge is -2.29. The predicted octanol–water partition coefficient (Wildman–Crippen LogP) is 0.966. The first-order valence-electron chi connectivity index (χ1n) is 9.40. The Morgan fingerprint density at radius 2 is 2.07 bits per heavy atom. The van der Waals surface area contributed by atoms with Crippen molar-refractivity contribution in [2.75, 3.05) is 13.1 Å². The van der Waals surface area contributed by atoms with Crippen molar-refractivity contribution in [3.05, 3.63) is 52.3 Å². The van der Waals surface area contributed by atoms with Gasteiger partial charge in [-0.05, 0) is 37.0 Å². The molecule has 1 N–H and O–H groups in total. The Hall–Kier alpha value is -3.12. The van der Waals surface area contributed by atoms with Crippen LogP contribution in [0.2, 0.25) is 0 Å². The van der Waals surface area contributed by atoms with Crippen LogP contribution >= 0.6 is 0 Å². The average Bonchev–Trinajstić information content (AvgIpc) is 3.43. The molecule has 8 nitrogen and oxygen atoms in total. The van der Waals surface area contributed by atoms with E-state index < -0.39 is 0 Å². The second-order valence-electron chi connectivity index (χ2n) is 7.53. The lowest BCUT2D eigenvalue weighted by Crippen LogP contribution is -2.43. The minimum Gasteiger partial charge on any atom is -0.347 e. The van der Waals surface area contributed by atoms with E-state index in [1.54, 1.807) is 36.2 Å². The highest BCUT2D eigenvalue weighted by molar-refractivity contribution is 7.67. The van der Waals surface area contributed by atoms with Crippen molar-refractivity contribution >= 4 is 23.5 Å². The summed E-state index contributed by atoms with van der Waals surface area (Å²) in [5, 5.41) is 16.0. The van der Waals surface area contributed by atoms with Gasteiger partial charge in [0.05, 0.1) is 28.0 Å². The quantitative estimate of drug-likeness (QED) is 0.763. The van der Waals surface area contributed by atoms with Crippen molar-refractivity contribution < 1.29 is 13.8 Å². The maximum absolute atomic E-state index is 12.9. The van der Waals surface area contributed by atoms with E-state index in [1.165, 1.54) is 4.68 Å². The van der Waals surface area contributed by atoms with Crippen LogP contribution in [0.3, 0.4) is 0 Å². The van der Waals surface area contributed by atoms with Crippen molar-refractivity contribution in [1.82, 2.24) is 20.0 Å². The Labute approximate surface area is 172 Å². The largest absolute Gasteiger partial charge is 0.347 e. The fourth-order valence-corrected chi connectivity index (χ4v) is 4.10. The maximum atomic E-state index is 12.9. The molecule has 2 aromatic rings. The van der Waals surface area contributed by atoms with E-state index >= 15 is 0 Å². The normalized spacial score (nSPS) is 16.7. The number of carbonyl (C=O) groups is 2. The van der Waals surface area contributed by atoms with E-state index in [4.69, 9.17) is 5.26 Å². The third-order valence-corrected chi connectivity index (χ3v) is 6.37. The van der Waals surface area contributed by atoms with Crippen molar-refractivity contribution in [2.45, 2.75) is 30.6 Å². The van der Waals surface area contributed by atoms with Crippen molar-refractivity contribution in [1.29, 1.82) is 5.26 Å². The van der Waals surface area contributed by atoms with Crippen LogP contribution in [-0.4, -0.2) is 48.5 Å². The molecule has 1 fully saturated rings. The number of hydrogen-bond acceptors (Lipinski definition) is 5. The van der Waals surface area contributed by atoms with E-state index in [9.17, 15) is 13.8 Å². The molecule has 0 unspecified atom stereocenters. The zero-order valence-corrected chi connectivity index (χ0v) is 16.8. The van der Waals surface area contributed by atoms with Gasteiger partial charge in [0.1, 0.15) is 5.69 Å². The monoisotopic (exact) mass is 410 g/mol. The van der Waals surface area contributed by atoms with Crippen LogP contribution < -0.4 is 5.32 Å². The number of nitriles is 1. The minimum absolute atomic E-state index is 0.173. The highest BCUT2D eigenvalue weighted by Gasteiger charge is 2.47. The SMILES string of the molecule is Cn1nc(C(=O)NCc2ccc(C#N)cc2)c2c1C(=O)N(CC1([S]=O)CC1)CC2. The van der Waals surface area contributed by atoms with Gasteiger partial charge in [0.25, 0.3) is 11.8 Å². The van der Waals surface area contributed by atoms with Crippen molar-refractivity contribution in [3.63, 3.8) is 0 Å². The van der Waals surface area contributed by atoms with E-state index in [1.807, 2.05) is 0 Å². The third-order valence-electron chi connectivity index (χ3n) is 5.48. The van der Waals surface area contributed by atoms with E-state index in [2.05, 4.69) is 16.5 Å². The number of nitrogens with one attached hydrogen (secondary N) is 1. The minimum atomic E-state index is -0.340. The molecule has 1 radical (unpaired) electrons. The second kappa shape index (κ2) is 7.37. The summed E-state index contributed by atoms with van der Waals surface area (Å²) in [6.45, 7) is 1.24. The third kappa shape index (κ3) is 3.63. The van der Waals surface area contributed by atoms with Crippen LogP contribution in [0.1, 0.15) is 50.5 Å². The molecule has 4 rings (SSSR count). The first kappa shape index (κ1) is 19.2. The summed E-state index contributed by atoms with van der Waals surface area (Å²) < 4.78 is 12.4. The Morgan fingerprint density at radius 1 is 1.34 bits per heavy atom. The fraction of sp³-hybridized carbons (Fsp3) is 0.400. The molecule has 0 saturated heterocycles. The molecule has 1 aliphatic carbocycles. The van der Waals surface area contributed by atoms with Crippen LogP contribution in [0.5, 0.6) is 0 Å². The lowest BCUT2D eigenvalue weighted by atomic mass is 10.0. The predicted molar refractivity (Wildman–Crippen MR) is 105 cm³/mol. The van der Waals surface area contributed by atoms with Crippen LogP contribution in [0.4, 0.5) is 0 Å². The van der Waals surface area contributed by atoms with Gasteiger partial charge >= 0.3 is 0 Å². The molecule has 9 heteroatoms. The summed E-state index contributed by atoms with van der Waals surface area (Å²) in [5.74, 6) is -0.506. The molecule has 0 bridgehead atoms. The molecule has 0 atom stereocenters. The molecule has 1 aromatic carbocycles. The van der Waals surface area contributed by atoms with E-state index in [0.29, 0.717) is 54.5 Å². The molecular weight excluding hydrogens is 390 g/mol. The Balaban J connectivity index is 1.48. The summed E-state index contributed by atoms with van der Waals surface area (Å²) in [6, 6.07) is 9.03. The van der Waals surface area contributed by atoms with Gasteiger partial charge in [0.15, 0.2) is 5.69 Å². The number of rotatable bonds is 6. The first-order valence-corrected chi connectivity index (χ1v) is 10.1. The molecule has 1 aromatic heterocycles. The van der Waals surface area contributed by atoms with Gasteiger partial charge in [-0.3, -0.25) is 14.3 Å². The van der Waals surface area contributed by atoms with E-state index in [0.717, 1.165) is 18.4 Å². The van der Waals surface area contributed by atoms with Gasteiger partial charge in [-0.1, -0.05) is 12.1 Å². The topological polar surface area (TPSA) is 108 Å². The van der Waals surface area contributed by atoms with Crippen LogP contribution in [0.15, 0.2) is 24.3 Å². The average molecular weight is 410 g/mol. The maximum Gasteiger partial charge on any atom is 0.272 e. The number of benzene rings is 1. The molecule has 2 amide bonds. The summed E-state index contributed by atoms with van der Waals surface area (Å²) in [6.07, 6.45) is 2.21. The van der Waals surface area contributed by atoms with Gasteiger partial charge in [-0.25, -0.2) is 4.21 Å². The highest BCUT2D eigenvalue weighted by atomic mass is 32.1. The smallest absolute Gasteiger partial charge is 0.272 e. The Bertz CT molecular complexity index is 1030. The fourth-order valence-electron chi connectivity index (χ4n) is 3.62. The zero-order valence-electron chi connectivity index (χ0n) is 16.0. The summed E-state index contributed by atoms with van der Waals surface area (Å²) in [7, 11) is 1.66. The molecule has 2 aliphatic rings. The van der Waals surface area contributed by atoms with Crippen LogP contribution in [-0.2, 0) is 31.7 Å². The number of fused-ring (bicyclic) bond motifs is 1. The van der Waals surface area contributed by atoms with Crippen LogP contribution in [0, 0.1) is 11.3 Å². The van der Waals surface area contributed by atoms with Gasteiger partial charge < -0.3 is 10.2 Å². The van der Waals surface area contributed by atoms with Crippen molar-refractivity contribution in [3.8, 4) is 6.07 Å². The molecule has 29 heavy (non-hydrogen) atoms. The number of aryl methyl sites for hydroxylation is 1. The van der Waals surface area contributed by atoms with Gasteiger partial charge in [0, 0.05) is 32.2 Å². The zero-order chi connectivity index (χ0) is 20.6. The lowest BCUT2D eigenvalue weighted by molar-refractivity contribution is 0.0725. The molecular formula is C20H20N5O3S. The van der Waals surface area contributed by atoms with Gasteiger partial charge in [0.2, 0.25) is 0 Å². The molecule has 2 heterocycles. The highest BCUT2D eigenvalue weighted by Crippen LogP contribution is 2.39. The number of aromatic nitrogens is 2. The summed E-state index contributed by atoms with van der Waals surface area (Å²) in [5.41, 5.74) is 2.78. The molecule has 1 saturated carbocycles. The number of hydrogen-bond donors (Lipinski definition) is 1. The Morgan fingerprint density at radius 3 is 2.69 bits per heavy atom. The first-order chi connectivity index (χ1) is 14.0. The Kier molecular flexibility index (Phi) is 4.88. The van der Waals surface area contributed by atoms with Crippen molar-refractivity contribution in [2.24, 2.45) is 7.05 Å². The summed E-state index contributed by atoms with van der Waals surface area (Å²) >= 11 is 0.588. The summed E-state index contributed by atoms with van der Waals surface area (Å²) in [4.78, 5) is 27.3. The van der Waals surface area contributed by atoms with Crippen LogP contribution in [0.25, 0.3) is 0 Å². The second-order valence-corrected chi connectivity index (χ2v) is 8.57. The standard InChI is InChI=1S/C20H20N5O3S/c1-24-17-15(6-9-25(19(17)27)12-20(29-28)7-8-20)16(23-24)18(26)22-11-14-4-2-13(10-21)3-5-14/h2-5H,6-9,11-12H2,1H3,(H,22,26). The van der Waals surface area contributed by atoms with Gasteiger partial charge in [-0.2, -0.15) is 10.4 Å². The van der Waals surface area contributed by atoms with E-state index in [-0.39, 0.29) is 22.3 Å².